The van der Waals surface area contributed by atoms with Crippen LogP contribution in [0.4, 0.5) is 13.2 Å². The van der Waals surface area contributed by atoms with Crippen LogP contribution in [0.5, 0.6) is 0 Å². The molecule has 100 valence electrons. The topological polar surface area (TPSA) is 69.4 Å². The molecule has 1 aromatic rings. The van der Waals surface area contributed by atoms with Crippen molar-refractivity contribution in [2.75, 3.05) is 0 Å². The lowest BCUT2D eigenvalue weighted by molar-refractivity contribution is -0.159. The van der Waals surface area contributed by atoms with Crippen LogP contribution in [0, 0.1) is 0 Å². The summed E-state index contributed by atoms with van der Waals surface area (Å²) in [5.41, 5.74) is -2.97. The largest absolute Gasteiger partial charge is 0.469 e. The minimum Gasteiger partial charge on any atom is -0.455 e. The van der Waals surface area contributed by atoms with Gasteiger partial charge in [0.15, 0.2) is 5.69 Å². The number of carbonyl (C=O) groups is 1. The zero-order valence-electron chi connectivity index (χ0n) is 9.79. The van der Waals surface area contributed by atoms with Crippen molar-refractivity contribution in [2.45, 2.75) is 32.5 Å². The van der Waals surface area contributed by atoms with E-state index in [4.69, 9.17) is 4.74 Å². The number of aromatic nitrogens is 1. The zero-order chi connectivity index (χ0) is 14.1. The van der Waals surface area contributed by atoms with Crippen molar-refractivity contribution in [2.24, 2.45) is 0 Å². The van der Waals surface area contributed by atoms with Crippen molar-refractivity contribution in [1.29, 1.82) is 0 Å². The number of hydrogen-bond donors (Lipinski definition) is 0. The van der Waals surface area contributed by atoms with Gasteiger partial charge in [-0.25, -0.2) is 14.6 Å². The van der Waals surface area contributed by atoms with E-state index in [1.807, 2.05) is 0 Å². The summed E-state index contributed by atoms with van der Waals surface area (Å²) >= 11 is 0. The van der Waals surface area contributed by atoms with Gasteiger partial charge in [-0.05, 0) is 20.8 Å². The van der Waals surface area contributed by atoms with Gasteiger partial charge in [0.05, 0.1) is 6.07 Å². The molecule has 0 fully saturated rings. The number of hydrogen-bond acceptors (Lipinski definition) is 5. The summed E-state index contributed by atoms with van der Waals surface area (Å²) in [6, 6.07) is 0.545. The zero-order valence-corrected chi connectivity index (χ0v) is 9.79. The van der Waals surface area contributed by atoms with Crippen LogP contribution in [0.15, 0.2) is 15.3 Å². The van der Waals surface area contributed by atoms with Crippen LogP contribution in [0.2, 0.25) is 0 Å². The highest BCUT2D eigenvalue weighted by Crippen LogP contribution is 2.26. The van der Waals surface area contributed by atoms with Crippen LogP contribution >= 0.6 is 0 Å². The molecule has 1 heterocycles. The first-order valence-corrected chi connectivity index (χ1v) is 4.82. The van der Waals surface area contributed by atoms with E-state index >= 15 is 0 Å². The van der Waals surface area contributed by atoms with Gasteiger partial charge in [0.1, 0.15) is 5.60 Å². The fourth-order valence-electron chi connectivity index (χ4n) is 0.957. The molecule has 0 amide bonds. The van der Waals surface area contributed by atoms with E-state index in [1.165, 1.54) is 20.8 Å². The number of halogens is 3. The van der Waals surface area contributed by atoms with Gasteiger partial charge in [-0.2, -0.15) is 13.2 Å². The van der Waals surface area contributed by atoms with Gasteiger partial charge >= 0.3 is 23.7 Å². The predicted molar refractivity (Wildman–Crippen MR) is 52.9 cm³/mol. The minimum absolute atomic E-state index is 0.545. The van der Waals surface area contributed by atoms with Crippen LogP contribution in [0.3, 0.4) is 0 Å². The van der Waals surface area contributed by atoms with Crippen LogP contribution in [-0.4, -0.2) is 16.6 Å². The Bertz CT molecular complexity index is 513. The minimum atomic E-state index is -4.95. The van der Waals surface area contributed by atoms with Gasteiger partial charge in [0.2, 0.25) is 0 Å². The van der Waals surface area contributed by atoms with Crippen LogP contribution in [-0.2, 0) is 10.9 Å². The first-order valence-electron chi connectivity index (χ1n) is 4.82. The molecule has 0 atom stereocenters. The van der Waals surface area contributed by atoms with Gasteiger partial charge < -0.3 is 9.15 Å². The molecule has 8 heteroatoms. The molecule has 5 nitrogen and oxygen atoms in total. The molecule has 0 unspecified atom stereocenters. The Morgan fingerprint density at radius 2 is 1.89 bits per heavy atom. The Labute approximate surface area is 99.6 Å². The van der Waals surface area contributed by atoms with Crippen LogP contribution < -0.4 is 5.63 Å². The summed E-state index contributed by atoms with van der Waals surface area (Å²) in [4.78, 5) is 25.3. The first-order chi connectivity index (χ1) is 7.99. The molecule has 0 bridgehead atoms. The summed E-state index contributed by atoms with van der Waals surface area (Å²) in [7, 11) is 0. The van der Waals surface area contributed by atoms with E-state index < -0.39 is 35.0 Å². The molecule has 18 heavy (non-hydrogen) atoms. The van der Waals surface area contributed by atoms with E-state index in [2.05, 4.69) is 9.40 Å². The Balaban J connectivity index is 3.15. The molecular formula is C10H10F3NO4. The smallest absolute Gasteiger partial charge is 0.455 e. The maximum Gasteiger partial charge on any atom is 0.469 e. The van der Waals surface area contributed by atoms with E-state index in [1.54, 1.807) is 0 Å². The Morgan fingerprint density at radius 3 is 2.33 bits per heavy atom. The molecule has 0 spiro atoms. The van der Waals surface area contributed by atoms with Crippen molar-refractivity contribution in [3.8, 4) is 0 Å². The Hall–Kier alpha value is -1.86. The van der Waals surface area contributed by atoms with Crippen molar-refractivity contribution >= 4 is 5.97 Å². The summed E-state index contributed by atoms with van der Waals surface area (Å²) in [6.45, 7) is 4.59. The van der Waals surface area contributed by atoms with Gasteiger partial charge in [0.25, 0.3) is 0 Å². The molecule has 0 N–H and O–H groups in total. The van der Waals surface area contributed by atoms with E-state index in [0.717, 1.165) is 0 Å². The molecular weight excluding hydrogens is 255 g/mol. The second-order valence-corrected chi connectivity index (χ2v) is 4.37. The first kappa shape index (κ1) is 14.2. The normalized spacial score (nSPS) is 12.3. The predicted octanol–water partition coefficient (Wildman–Crippen LogP) is 2.01. The lowest BCUT2D eigenvalue weighted by Crippen LogP contribution is -2.26. The van der Waals surface area contributed by atoms with E-state index in [-0.39, 0.29) is 0 Å². The number of alkyl halides is 3. The monoisotopic (exact) mass is 265 g/mol. The van der Waals surface area contributed by atoms with Gasteiger partial charge in [0, 0.05) is 0 Å². The Kier molecular flexibility index (Phi) is 3.50. The summed E-state index contributed by atoms with van der Waals surface area (Å²) in [6.07, 6.45) is -4.95. The van der Waals surface area contributed by atoms with Crippen molar-refractivity contribution in [1.82, 2.24) is 4.98 Å². The third kappa shape index (κ3) is 3.86. The average molecular weight is 265 g/mol. The molecule has 0 aliphatic heterocycles. The third-order valence-electron chi connectivity index (χ3n) is 1.52. The number of ether oxygens (including phenoxy) is 1. The van der Waals surface area contributed by atoms with Crippen LogP contribution in [0.1, 0.15) is 37.2 Å². The lowest BCUT2D eigenvalue weighted by atomic mass is 10.2. The van der Waals surface area contributed by atoms with E-state index in [9.17, 15) is 22.8 Å². The van der Waals surface area contributed by atoms with Crippen molar-refractivity contribution in [3.05, 3.63) is 28.1 Å². The Morgan fingerprint density at radius 1 is 1.33 bits per heavy atom. The molecule has 0 aliphatic carbocycles. The maximum absolute atomic E-state index is 12.3. The van der Waals surface area contributed by atoms with E-state index in [0.29, 0.717) is 6.07 Å². The number of esters is 1. The van der Waals surface area contributed by atoms with Crippen molar-refractivity contribution in [3.63, 3.8) is 0 Å². The fraction of sp³-hybridized carbons (Fsp3) is 0.500. The maximum atomic E-state index is 12.3. The molecule has 1 rings (SSSR count). The second kappa shape index (κ2) is 4.43. The second-order valence-electron chi connectivity index (χ2n) is 4.37. The highest BCUT2D eigenvalue weighted by atomic mass is 19.4. The highest BCUT2D eigenvalue weighted by Gasteiger charge is 2.38. The molecule has 0 radical (unpaired) electrons. The summed E-state index contributed by atoms with van der Waals surface area (Å²) in [5.74, 6) is -2.91. The average Bonchev–Trinajstić information content (AvgIpc) is 2.12. The third-order valence-corrected chi connectivity index (χ3v) is 1.52. The fourth-order valence-corrected chi connectivity index (χ4v) is 0.957. The van der Waals surface area contributed by atoms with Crippen molar-refractivity contribution < 1.29 is 27.1 Å². The molecule has 0 aromatic carbocycles. The molecule has 0 saturated heterocycles. The SMILES string of the molecule is CC(C)(C)OC(=O)c1cc(=O)oc(C(F)(F)F)n1. The summed E-state index contributed by atoms with van der Waals surface area (Å²) in [5, 5.41) is 0. The van der Waals surface area contributed by atoms with Gasteiger partial charge in [-0.15, -0.1) is 0 Å². The number of nitrogens with zero attached hydrogens (tertiary/aromatic N) is 1. The van der Waals surface area contributed by atoms with Crippen LogP contribution in [0.25, 0.3) is 0 Å². The molecule has 0 saturated carbocycles. The van der Waals surface area contributed by atoms with Gasteiger partial charge in [-0.1, -0.05) is 0 Å². The number of carbonyl (C=O) groups excluding carboxylic acids is 1. The summed E-state index contributed by atoms with van der Waals surface area (Å²) < 4.78 is 45.6. The quantitative estimate of drug-likeness (QED) is 0.726. The standard InChI is InChI=1S/C10H10F3NO4/c1-9(2,3)18-7(16)5-4-6(15)17-8(14-5)10(11,12)13/h4H,1-3H3. The van der Waals surface area contributed by atoms with Gasteiger partial charge in [-0.3, -0.25) is 0 Å². The number of rotatable bonds is 1. The lowest BCUT2D eigenvalue weighted by Gasteiger charge is -2.19. The highest BCUT2D eigenvalue weighted by molar-refractivity contribution is 5.87. The molecule has 0 aliphatic rings. The molecule has 1 aromatic heterocycles.